The summed E-state index contributed by atoms with van der Waals surface area (Å²) in [7, 11) is -3.07. The van der Waals surface area contributed by atoms with Crippen molar-refractivity contribution in [3.8, 4) is 0 Å². The summed E-state index contributed by atoms with van der Waals surface area (Å²) in [4.78, 5) is 8.65. The van der Waals surface area contributed by atoms with Crippen molar-refractivity contribution in [3.63, 3.8) is 0 Å². The van der Waals surface area contributed by atoms with Crippen LogP contribution in [-0.4, -0.2) is 18.1 Å². The van der Waals surface area contributed by atoms with Crippen LogP contribution in [0.5, 0.6) is 0 Å². The molecular weight excluding hydrogens is 138 g/mol. The Balaban J connectivity index is 2.40. The molecule has 0 atom stereocenters. The van der Waals surface area contributed by atoms with Crippen molar-refractivity contribution in [2.24, 2.45) is 0 Å². The van der Waals surface area contributed by atoms with Gasteiger partial charge in [0.15, 0.2) is 0 Å². The third-order valence-corrected chi connectivity index (χ3v) is 2.42. The van der Waals surface area contributed by atoms with E-state index in [1.165, 1.54) is 0 Å². The van der Waals surface area contributed by atoms with Crippen LogP contribution < -0.4 is 0 Å². The quantitative estimate of drug-likeness (QED) is 0.508. The topological polar surface area (TPSA) is 38.7 Å². The van der Waals surface area contributed by atoms with Gasteiger partial charge in [-0.1, -0.05) is 0 Å². The van der Waals surface area contributed by atoms with Crippen LogP contribution >= 0.6 is 18.5 Å². The SMILES string of the molecule is O[PH]1(Cl)OCCO1. The molecule has 0 amide bonds. The Morgan fingerprint density at radius 1 is 1.43 bits per heavy atom. The predicted molar refractivity (Wildman–Crippen MR) is 28.3 cm³/mol. The van der Waals surface area contributed by atoms with Gasteiger partial charge in [0.2, 0.25) is 0 Å². The Bertz CT molecular complexity index is 67.3. The molecule has 0 aromatic rings. The van der Waals surface area contributed by atoms with Crippen molar-refractivity contribution in [2.75, 3.05) is 13.2 Å². The van der Waals surface area contributed by atoms with Crippen LogP contribution in [-0.2, 0) is 9.05 Å². The third kappa shape index (κ3) is 1.52. The fourth-order valence-electron chi connectivity index (χ4n) is 0.377. The molecule has 1 aliphatic heterocycles. The summed E-state index contributed by atoms with van der Waals surface area (Å²) in [6, 6.07) is 0. The Morgan fingerprint density at radius 2 is 1.86 bits per heavy atom. The van der Waals surface area contributed by atoms with Crippen LogP contribution in [0.3, 0.4) is 0 Å². The van der Waals surface area contributed by atoms with E-state index >= 15 is 0 Å². The van der Waals surface area contributed by atoms with Crippen LogP contribution in [0, 0.1) is 0 Å². The second-order valence-electron chi connectivity index (χ2n) is 1.20. The fourth-order valence-corrected chi connectivity index (χ4v) is 1.59. The standard InChI is InChI=1S/C2H6ClO3P/c3-7(4)5-1-2-6-7/h4,7H,1-2H2. The molecule has 1 heterocycles. The second kappa shape index (κ2) is 1.84. The molecular formula is C2H6ClO3P. The molecule has 44 valence electrons. The van der Waals surface area contributed by atoms with Crippen molar-refractivity contribution in [1.29, 1.82) is 0 Å². The molecule has 1 N–H and O–H groups in total. The molecule has 1 fully saturated rings. The van der Waals surface area contributed by atoms with Crippen LogP contribution in [0.2, 0.25) is 0 Å². The summed E-state index contributed by atoms with van der Waals surface area (Å²) in [6.45, 7) is 0.846. The van der Waals surface area contributed by atoms with E-state index in [-0.39, 0.29) is 0 Å². The fraction of sp³-hybridized carbons (Fsp3) is 1.00. The minimum absolute atomic E-state index is 0.423. The molecule has 0 unspecified atom stereocenters. The minimum atomic E-state index is -3.07. The molecule has 0 bridgehead atoms. The predicted octanol–water partition coefficient (Wildman–Crippen LogP) is 0.674. The number of hydrogen-bond acceptors (Lipinski definition) is 3. The van der Waals surface area contributed by atoms with E-state index in [9.17, 15) is 0 Å². The van der Waals surface area contributed by atoms with Gasteiger partial charge in [0.25, 0.3) is 0 Å². The number of rotatable bonds is 0. The molecule has 7 heavy (non-hydrogen) atoms. The molecule has 0 aliphatic carbocycles. The van der Waals surface area contributed by atoms with E-state index in [4.69, 9.17) is 16.1 Å². The summed E-state index contributed by atoms with van der Waals surface area (Å²) >= 11 is 5.22. The van der Waals surface area contributed by atoms with Crippen molar-refractivity contribution in [1.82, 2.24) is 0 Å². The summed E-state index contributed by atoms with van der Waals surface area (Å²) in [5.74, 6) is 0. The normalized spacial score (nSPS) is 32.9. The molecule has 1 saturated heterocycles. The summed E-state index contributed by atoms with van der Waals surface area (Å²) in [6.07, 6.45) is 0. The van der Waals surface area contributed by atoms with E-state index in [0.717, 1.165) is 0 Å². The van der Waals surface area contributed by atoms with Crippen molar-refractivity contribution >= 4 is 18.5 Å². The Kier molecular flexibility index (Phi) is 1.51. The Hall–Kier alpha value is 0.600. The average Bonchev–Trinajstić information content (AvgIpc) is 1.84. The van der Waals surface area contributed by atoms with Crippen molar-refractivity contribution < 1.29 is 13.9 Å². The zero-order chi connectivity index (χ0) is 5.33. The first-order valence-corrected chi connectivity index (χ1v) is 4.67. The van der Waals surface area contributed by atoms with Gasteiger partial charge in [-0.05, 0) is 0 Å². The van der Waals surface area contributed by atoms with E-state index < -0.39 is 7.30 Å². The first kappa shape index (κ1) is 5.73. The molecule has 0 aromatic carbocycles. The molecule has 3 nitrogen and oxygen atoms in total. The van der Waals surface area contributed by atoms with E-state index in [0.29, 0.717) is 13.2 Å². The Morgan fingerprint density at radius 3 is 2.00 bits per heavy atom. The van der Waals surface area contributed by atoms with Crippen LogP contribution in [0.25, 0.3) is 0 Å². The molecule has 5 heteroatoms. The zero-order valence-corrected chi connectivity index (χ0v) is 5.31. The van der Waals surface area contributed by atoms with E-state index in [1.54, 1.807) is 0 Å². The van der Waals surface area contributed by atoms with Gasteiger partial charge in [-0.2, -0.15) is 0 Å². The number of halogens is 1. The van der Waals surface area contributed by atoms with Gasteiger partial charge in [-0.25, -0.2) is 0 Å². The van der Waals surface area contributed by atoms with Crippen LogP contribution in [0.4, 0.5) is 0 Å². The van der Waals surface area contributed by atoms with Gasteiger partial charge < -0.3 is 0 Å². The van der Waals surface area contributed by atoms with Crippen molar-refractivity contribution in [3.05, 3.63) is 0 Å². The maximum atomic E-state index is 8.65. The first-order chi connectivity index (χ1) is 3.21. The van der Waals surface area contributed by atoms with Crippen LogP contribution in [0.15, 0.2) is 0 Å². The van der Waals surface area contributed by atoms with Gasteiger partial charge in [0.1, 0.15) is 0 Å². The summed E-state index contributed by atoms with van der Waals surface area (Å²) in [5.41, 5.74) is 0. The first-order valence-electron chi connectivity index (χ1n) is 1.90. The molecule has 0 spiro atoms. The van der Waals surface area contributed by atoms with Crippen LogP contribution in [0.1, 0.15) is 0 Å². The summed E-state index contributed by atoms with van der Waals surface area (Å²) in [5, 5.41) is 0. The molecule has 0 radical (unpaired) electrons. The van der Waals surface area contributed by atoms with E-state index in [1.807, 2.05) is 0 Å². The Labute approximate surface area is 46.6 Å². The van der Waals surface area contributed by atoms with Gasteiger partial charge in [0, 0.05) is 0 Å². The molecule has 0 aromatic heterocycles. The van der Waals surface area contributed by atoms with E-state index in [2.05, 4.69) is 9.05 Å². The second-order valence-corrected chi connectivity index (χ2v) is 4.22. The maximum absolute atomic E-state index is 8.65. The number of hydrogen-bond donors (Lipinski definition) is 1. The molecule has 1 rings (SSSR count). The van der Waals surface area contributed by atoms with Gasteiger partial charge in [-0.15, -0.1) is 0 Å². The van der Waals surface area contributed by atoms with Crippen molar-refractivity contribution in [2.45, 2.75) is 0 Å². The average molecular weight is 144 g/mol. The van der Waals surface area contributed by atoms with Gasteiger partial charge >= 0.3 is 45.7 Å². The molecule has 0 saturated carbocycles. The van der Waals surface area contributed by atoms with Gasteiger partial charge in [0.05, 0.1) is 0 Å². The molecule has 1 aliphatic rings. The third-order valence-electron chi connectivity index (χ3n) is 0.644. The monoisotopic (exact) mass is 144 g/mol. The summed E-state index contributed by atoms with van der Waals surface area (Å²) < 4.78 is 9.16. The van der Waals surface area contributed by atoms with Gasteiger partial charge in [-0.3, -0.25) is 0 Å². The zero-order valence-electron chi connectivity index (χ0n) is 3.56.